The molecule has 1 N–H and O–H groups in total. The number of pyridine rings is 1. The molecule has 3 nitrogen and oxygen atoms in total. The van der Waals surface area contributed by atoms with Gasteiger partial charge in [-0.05, 0) is 62.8 Å². The third-order valence-corrected chi connectivity index (χ3v) is 5.99. The number of nitrogens with one attached hydrogen (secondary N) is 1. The minimum atomic E-state index is -1.50. The average molecular weight is 416 g/mol. The van der Waals surface area contributed by atoms with Crippen molar-refractivity contribution in [3.63, 3.8) is 0 Å². The molecule has 30 heavy (non-hydrogen) atoms. The van der Waals surface area contributed by atoms with E-state index in [9.17, 15) is 4.39 Å². The van der Waals surface area contributed by atoms with Crippen molar-refractivity contribution in [2.45, 2.75) is 58.3 Å². The SMILES string of the molecule is CCNc1cc(F)c([C@@H]2C3=C(C[C@@H](C)N2CC(C)(C)F)c2ccccc2C3)c(F)n1. The van der Waals surface area contributed by atoms with Crippen LogP contribution >= 0.6 is 0 Å². The van der Waals surface area contributed by atoms with E-state index in [0.29, 0.717) is 13.0 Å². The predicted octanol–water partition coefficient (Wildman–Crippen LogP) is 5.68. The first kappa shape index (κ1) is 20.9. The first-order chi connectivity index (χ1) is 14.2. The van der Waals surface area contributed by atoms with E-state index in [1.165, 1.54) is 19.9 Å². The Balaban J connectivity index is 1.87. The normalized spacial score (nSPS) is 21.6. The van der Waals surface area contributed by atoms with Gasteiger partial charge in [-0.2, -0.15) is 4.39 Å². The molecule has 0 fully saturated rings. The lowest BCUT2D eigenvalue weighted by Crippen LogP contribution is -2.47. The van der Waals surface area contributed by atoms with E-state index in [1.807, 2.05) is 30.9 Å². The molecule has 2 atom stereocenters. The van der Waals surface area contributed by atoms with Gasteiger partial charge in [-0.25, -0.2) is 13.8 Å². The highest BCUT2D eigenvalue weighted by Gasteiger charge is 2.43. The van der Waals surface area contributed by atoms with Crippen molar-refractivity contribution in [3.05, 3.63) is 64.4 Å². The van der Waals surface area contributed by atoms with Crippen LogP contribution in [0.2, 0.25) is 0 Å². The smallest absolute Gasteiger partial charge is 0.222 e. The zero-order chi connectivity index (χ0) is 21.6. The topological polar surface area (TPSA) is 28.2 Å². The molecule has 160 valence electrons. The summed E-state index contributed by atoms with van der Waals surface area (Å²) < 4.78 is 45.2. The second-order valence-corrected chi connectivity index (χ2v) is 8.91. The Morgan fingerprint density at radius 2 is 1.97 bits per heavy atom. The zero-order valence-electron chi connectivity index (χ0n) is 17.9. The minimum absolute atomic E-state index is 0.0674. The molecule has 0 radical (unpaired) electrons. The molecule has 0 bridgehead atoms. The molecule has 1 aliphatic carbocycles. The second kappa shape index (κ2) is 7.73. The summed E-state index contributed by atoms with van der Waals surface area (Å²) in [6.45, 7) is 7.44. The van der Waals surface area contributed by atoms with Crippen molar-refractivity contribution in [3.8, 4) is 0 Å². The molecular weight excluding hydrogens is 387 g/mol. The number of aromatic nitrogens is 1. The molecule has 2 aliphatic rings. The molecular formula is C24H28F3N3. The molecule has 0 spiro atoms. The summed E-state index contributed by atoms with van der Waals surface area (Å²) >= 11 is 0. The molecule has 0 saturated carbocycles. The lowest BCUT2D eigenvalue weighted by Gasteiger charge is -2.44. The van der Waals surface area contributed by atoms with E-state index in [-0.39, 0.29) is 24.0 Å². The van der Waals surface area contributed by atoms with E-state index in [1.54, 1.807) is 0 Å². The van der Waals surface area contributed by atoms with Crippen LogP contribution in [-0.4, -0.2) is 34.7 Å². The Morgan fingerprint density at radius 1 is 1.23 bits per heavy atom. The Hall–Kier alpha value is -2.34. The van der Waals surface area contributed by atoms with Gasteiger partial charge < -0.3 is 5.32 Å². The lowest BCUT2D eigenvalue weighted by atomic mass is 9.84. The molecule has 2 aromatic rings. The highest BCUT2D eigenvalue weighted by atomic mass is 19.1. The van der Waals surface area contributed by atoms with Crippen LogP contribution < -0.4 is 5.32 Å². The molecule has 6 heteroatoms. The molecule has 4 rings (SSSR count). The number of alkyl halides is 1. The van der Waals surface area contributed by atoms with Gasteiger partial charge in [0.05, 0.1) is 11.6 Å². The van der Waals surface area contributed by atoms with E-state index < -0.39 is 23.5 Å². The second-order valence-electron chi connectivity index (χ2n) is 8.91. The highest BCUT2D eigenvalue weighted by Crippen LogP contribution is 2.49. The van der Waals surface area contributed by atoms with Crippen LogP contribution in [0.15, 0.2) is 35.9 Å². The van der Waals surface area contributed by atoms with Gasteiger partial charge in [-0.1, -0.05) is 24.3 Å². The van der Waals surface area contributed by atoms with Crippen LogP contribution in [0.5, 0.6) is 0 Å². The van der Waals surface area contributed by atoms with Crippen molar-refractivity contribution >= 4 is 11.4 Å². The number of hydrogen-bond donors (Lipinski definition) is 1. The Kier molecular flexibility index (Phi) is 5.39. The number of rotatable bonds is 5. The van der Waals surface area contributed by atoms with Gasteiger partial charge in [0.1, 0.15) is 17.3 Å². The standard InChI is InChI=1S/C24H28F3N3/c1-5-28-20-12-19(25)21(23(26)29-20)22-18-11-15-8-6-7-9-16(15)17(18)10-14(2)30(22)13-24(3,4)27/h6-9,12,14,22H,5,10-11,13H2,1-4H3,(H,28,29)/t14-,22+/m1/s1. The van der Waals surface area contributed by atoms with Crippen LogP contribution in [-0.2, 0) is 6.42 Å². The summed E-state index contributed by atoms with van der Waals surface area (Å²) in [4.78, 5) is 5.86. The van der Waals surface area contributed by atoms with Gasteiger partial charge >= 0.3 is 0 Å². The van der Waals surface area contributed by atoms with Crippen molar-refractivity contribution in [1.29, 1.82) is 0 Å². The van der Waals surface area contributed by atoms with E-state index in [0.717, 1.165) is 28.7 Å². The molecule has 0 amide bonds. The summed E-state index contributed by atoms with van der Waals surface area (Å²) in [6, 6.07) is 8.57. The molecule has 1 aromatic carbocycles. The van der Waals surface area contributed by atoms with Crippen LogP contribution in [0, 0.1) is 11.8 Å². The maximum absolute atomic E-state index is 15.3. The van der Waals surface area contributed by atoms with Crippen LogP contribution in [0.1, 0.15) is 56.8 Å². The van der Waals surface area contributed by atoms with Crippen LogP contribution in [0.4, 0.5) is 19.0 Å². The summed E-state index contributed by atoms with van der Waals surface area (Å²) in [5.41, 5.74) is 2.79. The van der Waals surface area contributed by atoms with Crippen LogP contribution in [0.25, 0.3) is 5.57 Å². The van der Waals surface area contributed by atoms with Gasteiger partial charge in [0.15, 0.2) is 0 Å². The van der Waals surface area contributed by atoms with Crippen molar-refractivity contribution < 1.29 is 13.2 Å². The summed E-state index contributed by atoms with van der Waals surface area (Å²) in [7, 11) is 0. The third kappa shape index (κ3) is 3.73. The quantitative estimate of drug-likeness (QED) is 0.637. The number of halogens is 3. The zero-order valence-corrected chi connectivity index (χ0v) is 17.9. The van der Waals surface area contributed by atoms with Crippen molar-refractivity contribution in [1.82, 2.24) is 9.88 Å². The third-order valence-electron chi connectivity index (χ3n) is 5.99. The number of fused-ring (bicyclic) bond motifs is 2. The fourth-order valence-electron chi connectivity index (χ4n) is 4.85. The number of nitrogens with zero attached hydrogens (tertiary/aromatic N) is 2. The Morgan fingerprint density at radius 3 is 2.63 bits per heavy atom. The van der Waals surface area contributed by atoms with E-state index in [4.69, 9.17) is 0 Å². The van der Waals surface area contributed by atoms with Crippen molar-refractivity contribution in [2.75, 3.05) is 18.4 Å². The molecule has 2 heterocycles. The summed E-state index contributed by atoms with van der Waals surface area (Å²) in [5.74, 6) is -1.32. The average Bonchev–Trinajstić information content (AvgIpc) is 3.01. The molecule has 0 unspecified atom stereocenters. The van der Waals surface area contributed by atoms with Gasteiger partial charge in [-0.15, -0.1) is 0 Å². The first-order valence-electron chi connectivity index (χ1n) is 10.5. The minimum Gasteiger partial charge on any atom is -0.370 e. The van der Waals surface area contributed by atoms with Gasteiger partial charge in [0, 0.05) is 25.2 Å². The maximum Gasteiger partial charge on any atom is 0.222 e. The van der Waals surface area contributed by atoms with Crippen LogP contribution in [0.3, 0.4) is 0 Å². The van der Waals surface area contributed by atoms with Crippen molar-refractivity contribution in [2.24, 2.45) is 0 Å². The molecule has 0 saturated heterocycles. The fourth-order valence-corrected chi connectivity index (χ4v) is 4.85. The number of hydrogen-bond acceptors (Lipinski definition) is 3. The number of benzene rings is 1. The lowest BCUT2D eigenvalue weighted by molar-refractivity contribution is 0.0674. The summed E-state index contributed by atoms with van der Waals surface area (Å²) in [6.07, 6.45) is 1.34. The molecule has 1 aliphatic heterocycles. The van der Waals surface area contributed by atoms with Gasteiger partial charge in [-0.3, -0.25) is 4.90 Å². The van der Waals surface area contributed by atoms with Gasteiger partial charge in [0.25, 0.3) is 0 Å². The molecule has 1 aromatic heterocycles. The van der Waals surface area contributed by atoms with Gasteiger partial charge in [0.2, 0.25) is 5.95 Å². The first-order valence-corrected chi connectivity index (χ1v) is 10.5. The van der Waals surface area contributed by atoms with E-state index >= 15 is 8.78 Å². The largest absolute Gasteiger partial charge is 0.370 e. The highest BCUT2D eigenvalue weighted by molar-refractivity contribution is 5.79. The van der Waals surface area contributed by atoms with E-state index in [2.05, 4.69) is 22.4 Å². The monoisotopic (exact) mass is 415 g/mol. The predicted molar refractivity (Wildman–Crippen MR) is 114 cm³/mol. The fraction of sp³-hybridized carbons (Fsp3) is 0.458. The Labute approximate surface area is 176 Å². The summed E-state index contributed by atoms with van der Waals surface area (Å²) in [5, 5.41) is 2.86. The maximum atomic E-state index is 15.3. The Bertz CT molecular complexity index is 970. The number of anilines is 1.